The van der Waals surface area contributed by atoms with E-state index in [2.05, 4.69) is 16.8 Å². The van der Waals surface area contributed by atoms with E-state index in [0.717, 1.165) is 19.4 Å². The standard InChI is InChI=1S/C11H23N3O/c1-4-7-10(12)11(15)13-8-5-6-9-14(2)3/h4,10H,1,5-9,12H2,2-3H3,(H,13,15). The van der Waals surface area contributed by atoms with Gasteiger partial charge in [0.2, 0.25) is 5.91 Å². The number of unbranched alkanes of at least 4 members (excludes halogenated alkanes) is 1. The van der Waals surface area contributed by atoms with E-state index in [0.29, 0.717) is 13.0 Å². The van der Waals surface area contributed by atoms with Gasteiger partial charge in [0.15, 0.2) is 0 Å². The molecule has 15 heavy (non-hydrogen) atoms. The lowest BCUT2D eigenvalue weighted by Crippen LogP contribution is -2.40. The van der Waals surface area contributed by atoms with E-state index < -0.39 is 6.04 Å². The number of hydrogen-bond donors (Lipinski definition) is 2. The molecule has 0 saturated carbocycles. The van der Waals surface area contributed by atoms with Crippen LogP contribution in [0.3, 0.4) is 0 Å². The second-order valence-electron chi connectivity index (χ2n) is 3.93. The zero-order valence-electron chi connectivity index (χ0n) is 9.83. The van der Waals surface area contributed by atoms with Gasteiger partial charge in [-0.15, -0.1) is 6.58 Å². The average Bonchev–Trinajstić information content (AvgIpc) is 2.16. The topological polar surface area (TPSA) is 58.4 Å². The van der Waals surface area contributed by atoms with Gasteiger partial charge in [0, 0.05) is 6.54 Å². The molecule has 1 amide bonds. The molecular weight excluding hydrogens is 190 g/mol. The van der Waals surface area contributed by atoms with Gasteiger partial charge in [-0.25, -0.2) is 0 Å². The fourth-order valence-electron chi connectivity index (χ4n) is 1.18. The highest BCUT2D eigenvalue weighted by Crippen LogP contribution is 1.91. The first-order valence-electron chi connectivity index (χ1n) is 5.37. The summed E-state index contributed by atoms with van der Waals surface area (Å²) in [5, 5.41) is 2.81. The molecule has 0 fully saturated rings. The third-order valence-electron chi connectivity index (χ3n) is 2.09. The zero-order valence-corrected chi connectivity index (χ0v) is 9.83. The summed E-state index contributed by atoms with van der Waals surface area (Å²) in [6, 6.07) is -0.448. The third kappa shape index (κ3) is 8.15. The summed E-state index contributed by atoms with van der Waals surface area (Å²) < 4.78 is 0. The molecule has 0 bridgehead atoms. The molecular formula is C11H23N3O. The number of hydrogen-bond acceptors (Lipinski definition) is 3. The fourth-order valence-corrected chi connectivity index (χ4v) is 1.18. The molecule has 1 atom stereocenters. The minimum Gasteiger partial charge on any atom is -0.355 e. The quantitative estimate of drug-likeness (QED) is 0.452. The summed E-state index contributed by atoms with van der Waals surface area (Å²) >= 11 is 0. The van der Waals surface area contributed by atoms with Crippen molar-refractivity contribution in [2.75, 3.05) is 27.2 Å². The Labute approximate surface area is 92.5 Å². The first kappa shape index (κ1) is 14.1. The normalized spacial score (nSPS) is 12.5. The molecule has 0 saturated heterocycles. The SMILES string of the molecule is C=CCC(N)C(=O)NCCCCN(C)C. The number of carbonyl (C=O) groups is 1. The number of nitrogens with one attached hydrogen (secondary N) is 1. The van der Waals surface area contributed by atoms with Crippen LogP contribution >= 0.6 is 0 Å². The second kappa shape index (κ2) is 8.44. The summed E-state index contributed by atoms with van der Waals surface area (Å²) in [6.07, 6.45) is 4.27. The first-order chi connectivity index (χ1) is 7.07. The predicted octanol–water partition coefficient (Wildman–Crippen LogP) is 0.348. The van der Waals surface area contributed by atoms with Crippen LogP contribution in [0, 0.1) is 0 Å². The average molecular weight is 213 g/mol. The van der Waals surface area contributed by atoms with Crippen LogP contribution in [-0.2, 0) is 4.79 Å². The van der Waals surface area contributed by atoms with Crippen molar-refractivity contribution >= 4 is 5.91 Å². The van der Waals surface area contributed by atoms with Gasteiger partial charge in [-0.3, -0.25) is 4.79 Å². The van der Waals surface area contributed by atoms with Crippen molar-refractivity contribution in [3.63, 3.8) is 0 Å². The first-order valence-corrected chi connectivity index (χ1v) is 5.37. The Morgan fingerprint density at radius 3 is 2.73 bits per heavy atom. The molecule has 0 aliphatic carbocycles. The molecule has 88 valence electrons. The van der Waals surface area contributed by atoms with Crippen LogP contribution in [-0.4, -0.2) is 44.0 Å². The Hall–Kier alpha value is -0.870. The lowest BCUT2D eigenvalue weighted by Gasteiger charge is -2.11. The summed E-state index contributed by atoms with van der Waals surface area (Å²) in [5.74, 6) is -0.0836. The number of nitrogens with zero attached hydrogens (tertiary/aromatic N) is 1. The number of rotatable bonds is 8. The maximum absolute atomic E-state index is 11.3. The Kier molecular flexibility index (Phi) is 7.95. The largest absolute Gasteiger partial charge is 0.355 e. The zero-order chi connectivity index (χ0) is 11.7. The monoisotopic (exact) mass is 213 g/mol. The maximum Gasteiger partial charge on any atom is 0.237 e. The Bertz CT molecular complexity index is 192. The number of amides is 1. The van der Waals surface area contributed by atoms with E-state index in [9.17, 15) is 4.79 Å². The molecule has 1 unspecified atom stereocenters. The predicted molar refractivity (Wildman–Crippen MR) is 63.6 cm³/mol. The maximum atomic E-state index is 11.3. The van der Waals surface area contributed by atoms with Gasteiger partial charge in [-0.05, 0) is 39.9 Å². The minimum atomic E-state index is -0.448. The molecule has 0 aromatic rings. The highest BCUT2D eigenvalue weighted by atomic mass is 16.2. The van der Waals surface area contributed by atoms with Gasteiger partial charge in [-0.1, -0.05) is 6.08 Å². The van der Waals surface area contributed by atoms with Crippen LogP contribution < -0.4 is 11.1 Å². The molecule has 0 aromatic carbocycles. The summed E-state index contributed by atoms with van der Waals surface area (Å²) in [5.41, 5.74) is 5.60. The molecule has 4 nitrogen and oxygen atoms in total. The van der Waals surface area contributed by atoms with Gasteiger partial charge in [-0.2, -0.15) is 0 Å². The molecule has 0 aliphatic heterocycles. The van der Waals surface area contributed by atoms with Crippen LogP contribution in [0.4, 0.5) is 0 Å². The molecule has 4 heteroatoms. The minimum absolute atomic E-state index is 0.0836. The number of nitrogens with two attached hydrogens (primary N) is 1. The van der Waals surface area contributed by atoms with Crippen LogP contribution in [0.5, 0.6) is 0 Å². The van der Waals surface area contributed by atoms with E-state index in [1.165, 1.54) is 0 Å². The molecule has 0 aliphatic rings. The molecule has 0 rings (SSSR count). The van der Waals surface area contributed by atoms with E-state index >= 15 is 0 Å². The Morgan fingerprint density at radius 2 is 2.20 bits per heavy atom. The highest BCUT2D eigenvalue weighted by Gasteiger charge is 2.09. The van der Waals surface area contributed by atoms with E-state index in [1.54, 1.807) is 6.08 Å². The Balaban J connectivity index is 3.42. The van der Waals surface area contributed by atoms with Gasteiger partial charge in [0.05, 0.1) is 6.04 Å². The van der Waals surface area contributed by atoms with Gasteiger partial charge < -0.3 is 16.0 Å². The van der Waals surface area contributed by atoms with Gasteiger partial charge in [0.1, 0.15) is 0 Å². The van der Waals surface area contributed by atoms with Gasteiger partial charge in [0.25, 0.3) is 0 Å². The van der Waals surface area contributed by atoms with Crippen LogP contribution in [0.25, 0.3) is 0 Å². The Morgan fingerprint density at radius 1 is 1.53 bits per heavy atom. The van der Waals surface area contributed by atoms with Crippen molar-refractivity contribution in [3.8, 4) is 0 Å². The number of carbonyl (C=O) groups excluding carboxylic acids is 1. The van der Waals surface area contributed by atoms with Crippen molar-refractivity contribution in [2.45, 2.75) is 25.3 Å². The van der Waals surface area contributed by atoms with Gasteiger partial charge >= 0.3 is 0 Å². The van der Waals surface area contributed by atoms with E-state index in [4.69, 9.17) is 5.73 Å². The van der Waals surface area contributed by atoms with Crippen LogP contribution in [0.2, 0.25) is 0 Å². The van der Waals surface area contributed by atoms with Crippen molar-refractivity contribution in [3.05, 3.63) is 12.7 Å². The second-order valence-corrected chi connectivity index (χ2v) is 3.93. The van der Waals surface area contributed by atoms with Crippen molar-refractivity contribution in [1.82, 2.24) is 10.2 Å². The van der Waals surface area contributed by atoms with E-state index in [-0.39, 0.29) is 5.91 Å². The molecule has 0 aromatic heterocycles. The summed E-state index contributed by atoms with van der Waals surface area (Å²) in [6.45, 7) is 5.30. The lowest BCUT2D eigenvalue weighted by atomic mass is 10.2. The fraction of sp³-hybridized carbons (Fsp3) is 0.727. The summed E-state index contributed by atoms with van der Waals surface area (Å²) in [7, 11) is 4.08. The van der Waals surface area contributed by atoms with Crippen LogP contribution in [0.1, 0.15) is 19.3 Å². The lowest BCUT2D eigenvalue weighted by molar-refractivity contribution is -0.122. The molecule has 0 radical (unpaired) electrons. The molecule has 3 N–H and O–H groups in total. The van der Waals surface area contributed by atoms with E-state index in [1.807, 2.05) is 14.1 Å². The summed E-state index contributed by atoms with van der Waals surface area (Å²) in [4.78, 5) is 13.5. The highest BCUT2D eigenvalue weighted by molar-refractivity contribution is 5.81. The van der Waals surface area contributed by atoms with Crippen molar-refractivity contribution in [1.29, 1.82) is 0 Å². The third-order valence-corrected chi connectivity index (χ3v) is 2.09. The van der Waals surface area contributed by atoms with Crippen molar-refractivity contribution in [2.24, 2.45) is 5.73 Å². The smallest absolute Gasteiger partial charge is 0.237 e. The molecule has 0 spiro atoms. The van der Waals surface area contributed by atoms with Crippen molar-refractivity contribution < 1.29 is 4.79 Å². The molecule has 0 heterocycles. The van der Waals surface area contributed by atoms with Crippen LogP contribution in [0.15, 0.2) is 12.7 Å².